The zero-order valence-corrected chi connectivity index (χ0v) is 11.1. The van der Waals surface area contributed by atoms with E-state index in [2.05, 4.69) is 18.3 Å². The van der Waals surface area contributed by atoms with E-state index in [0.717, 1.165) is 17.7 Å². The monoisotopic (exact) mass is 255 g/mol. The SMILES string of the molecule is CCc1cccc(Nc2ccc(C)cc2C(=O)O)c1. The van der Waals surface area contributed by atoms with Crippen molar-refractivity contribution < 1.29 is 9.90 Å². The fraction of sp³-hybridized carbons (Fsp3) is 0.188. The Balaban J connectivity index is 2.34. The van der Waals surface area contributed by atoms with E-state index in [1.807, 2.05) is 31.2 Å². The third-order valence-electron chi connectivity index (χ3n) is 3.02. The van der Waals surface area contributed by atoms with Crippen molar-refractivity contribution in [1.82, 2.24) is 0 Å². The van der Waals surface area contributed by atoms with Crippen molar-refractivity contribution in [2.24, 2.45) is 0 Å². The number of carboxylic acid groups (broad SMARTS) is 1. The van der Waals surface area contributed by atoms with Crippen LogP contribution >= 0.6 is 0 Å². The van der Waals surface area contributed by atoms with Gasteiger partial charge in [-0.15, -0.1) is 0 Å². The van der Waals surface area contributed by atoms with Crippen molar-refractivity contribution >= 4 is 17.3 Å². The van der Waals surface area contributed by atoms with Gasteiger partial charge in [0.25, 0.3) is 0 Å². The smallest absolute Gasteiger partial charge is 0.337 e. The van der Waals surface area contributed by atoms with Crippen molar-refractivity contribution in [2.75, 3.05) is 5.32 Å². The third kappa shape index (κ3) is 3.13. The first-order chi connectivity index (χ1) is 9.10. The van der Waals surface area contributed by atoms with Crippen LogP contribution in [0.25, 0.3) is 0 Å². The molecule has 2 rings (SSSR count). The maximum absolute atomic E-state index is 11.2. The molecule has 0 saturated heterocycles. The van der Waals surface area contributed by atoms with Crippen molar-refractivity contribution in [2.45, 2.75) is 20.3 Å². The normalized spacial score (nSPS) is 10.2. The van der Waals surface area contributed by atoms with Crippen LogP contribution in [0.4, 0.5) is 11.4 Å². The van der Waals surface area contributed by atoms with E-state index in [4.69, 9.17) is 0 Å². The summed E-state index contributed by atoms with van der Waals surface area (Å²) in [6.07, 6.45) is 0.954. The highest BCUT2D eigenvalue weighted by Crippen LogP contribution is 2.23. The number of hydrogen-bond donors (Lipinski definition) is 2. The van der Waals surface area contributed by atoms with Crippen LogP contribution in [0.5, 0.6) is 0 Å². The van der Waals surface area contributed by atoms with Crippen molar-refractivity contribution in [3.05, 3.63) is 59.2 Å². The predicted octanol–water partition coefficient (Wildman–Crippen LogP) is 4.00. The number of carbonyl (C=O) groups is 1. The summed E-state index contributed by atoms with van der Waals surface area (Å²) in [5.41, 5.74) is 3.97. The molecule has 0 aliphatic rings. The molecule has 3 nitrogen and oxygen atoms in total. The second-order valence-electron chi connectivity index (χ2n) is 4.53. The fourth-order valence-electron chi connectivity index (χ4n) is 1.97. The summed E-state index contributed by atoms with van der Waals surface area (Å²) in [6.45, 7) is 3.97. The molecule has 0 aliphatic heterocycles. The van der Waals surface area contributed by atoms with Crippen molar-refractivity contribution in [1.29, 1.82) is 0 Å². The van der Waals surface area contributed by atoms with Gasteiger partial charge in [-0.2, -0.15) is 0 Å². The van der Waals surface area contributed by atoms with Crippen LogP contribution in [-0.2, 0) is 6.42 Å². The van der Waals surface area contributed by atoms with E-state index in [1.165, 1.54) is 5.56 Å². The highest BCUT2D eigenvalue weighted by Gasteiger charge is 2.10. The topological polar surface area (TPSA) is 49.3 Å². The molecular formula is C16H17NO2. The van der Waals surface area contributed by atoms with E-state index in [0.29, 0.717) is 11.3 Å². The largest absolute Gasteiger partial charge is 0.478 e. The van der Waals surface area contributed by atoms with Crippen molar-refractivity contribution in [3.63, 3.8) is 0 Å². The van der Waals surface area contributed by atoms with Crippen LogP contribution in [-0.4, -0.2) is 11.1 Å². The molecule has 0 radical (unpaired) electrons. The molecule has 0 atom stereocenters. The number of anilines is 2. The fourth-order valence-corrected chi connectivity index (χ4v) is 1.97. The summed E-state index contributed by atoms with van der Waals surface area (Å²) in [5, 5.41) is 12.4. The number of carboxylic acids is 1. The van der Waals surface area contributed by atoms with Gasteiger partial charge in [0.1, 0.15) is 0 Å². The Labute approximate surface area is 112 Å². The molecule has 0 fully saturated rings. The molecule has 0 saturated carbocycles. The first-order valence-electron chi connectivity index (χ1n) is 6.30. The average Bonchev–Trinajstić information content (AvgIpc) is 2.41. The molecule has 19 heavy (non-hydrogen) atoms. The Hall–Kier alpha value is -2.29. The van der Waals surface area contributed by atoms with Gasteiger partial charge in [-0.3, -0.25) is 0 Å². The van der Waals surface area contributed by atoms with E-state index < -0.39 is 5.97 Å². The van der Waals surface area contributed by atoms with Crippen molar-refractivity contribution in [3.8, 4) is 0 Å². The number of hydrogen-bond acceptors (Lipinski definition) is 2. The minimum Gasteiger partial charge on any atom is -0.478 e. The first-order valence-corrected chi connectivity index (χ1v) is 6.30. The Bertz CT molecular complexity index is 605. The zero-order chi connectivity index (χ0) is 13.8. The lowest BCUT2D eigenvalue weighted by molar-refractivity contribution is 0.0698. The van der Waals surface area contributed by atoms with E-state index in [1.54, 1.807) is 12.1 Å². The van der Waals surface area contributed by atoms with E-state index in [-0.39, 0.29) is 0 Å². The Morgan fingerprint density at radius 1 is 1.21 bits per heavy atom. The zero-order valence-electron chi connectivity index (χ0n) is 11.1. The molecule has 0 unspecified atom stereocenters. The summed E-state index contributed by atoms with van der Waals surface area (Å²) in [6, 6.07) is 13.4. The predicted molar refractivity (Wildman–Crippen MR) is 77.2 cm³/mol. The average molecular weight is 255 g/mol. The quantitative estimate of drug-likeness (QED) is 0.868. The molecule has 2 N–H and O–H groups in total. The second-order valence-corrected chi connectivity index (χ2v) is 4.53. The van der Waals surface area contributed by atoms with Gasteiger partial charge >= 0.3 is 5.97 Å². The number of benzene rings is 2. The number of nitrogens with one attached hydrogen (secondary N) is 1. The van der Waals surface area contributed by atoms with Crippen LogP contribution in [0.1, 0.15) is 28.4 Å². The van der Waals surface area contributed by atoms with Crippen LogP contribution in [0.15, 0.2) is 42.5 Å². The van der Waals surface area contributed by atoms with Gasteiger partial charge < -0.3 is 10.4 Å². The summed E-state index contributed by atoms with van der Waals surface area (Å²) in [5.74, 6) is -0.919. The molecule has 0 heterocycles. The molecule has 2 aromatic rings. The molecule has 0 spiro atoms. The minimum atomic E-state index is -0.919. The lowest BCUT2D eigenvalue weighted by atomic mass is 10.1. The summed E-state index contributed by atoms with van der Waals surface area (Å²) in [4.78, 5) is 11.2. The van der Waals surface area contributed by atoms with Crippen LogP contribution in [0.3, 0.4) is 0 Å². The maximum atomic E-state index is 11.2. The molecule has 0 aromatic heterocycles. The lowest BCUT2D eigenvalue weighted by Gasteiger charge is -2.11. The highest BCUT2D eigenvalue weighted by molar-refractivity contribution is 5.95. The summed E-state index contributed by atoms with van der Waals surface area (Å²) < 4.78 is 0. The summed E-state index contributed by atoms with van der Waals surface area (Å²) >= 11 is 0. The Morgan fingerprint density at radius 2 is 2.00 bits per heavy atom. The molecule has 3 heteroatoms. The highest BCUT2D eigenvalue weighted by atomic mass is 16.4. The van der Waals surface area contributed by atoms with Gasteiger partial charge in [0, 0.05) is 5.69 Å². The Morgan fingerprint density at radius 3 is 2.68 bits per heavy atom. The third-order valence-corrected chi connectivity index (χ3v) is 3.02. The first kappa shape index (κ1) is 13.1. The van der Waals surface area contributed by atoms with E-state index >= 15 is 0 Å². The van der Waals surface area contributed by atoms with E-state index in [9.17, 15) is 9.90 Å². The van der Waals surface area contributed by atoms with Crippen LogP contribution in [0.2, 0.25) is 0 Å². The van der Waals surface area contributed by atoms with Gasteiger partial charge in [0.15, 0.2) is 0 Å². The van der Waals surface area contributed by atoms with Crippen LogP contribution in [0, 0.1) is 6.92 Å². The second kappa shape index (κ2) is 5.57. The summed E-state index contributed by atoms with van der Waals surface area (Å²) in [7, 11) is 0. The van der Waals surface area contributed by atoms with Gasteiger partial charge in [-0.1, -0.05) is 30.7 Å². The minimum absolute atomic E-state index is 0.293. The number of aryl methyl sites for hydroxylation is 2. The molecule has 0 bridgehead atoms. The Kier molecular flexibility index (Phi) is 3.85. The van der Waals surface area contributed by atoms with Gasteiger partial charge in [0.2, 0.25) is 0 Å². The molecule has 2 aromatic carbocycles. The lowest BCUT2D eigenvalue weighted by Crippen LogP contribution is -2.03. The van der Waals surface area contributed by atoms with Gasteiger partial charge in [0.05, 0.1) is 11.3 Å². The maximum Gasteiger partial charge on any atom is 0.337 e. The van der Waals surface area contributed by atoms with Crippen LogP contribution < -0.4 is 5.32 Å². The molecule has 98 valence electrons. The molecule has 0 aliphatic carbocycles. The molecular weight excluding hydrogens is 238 g/mol. The van der Waals surface area contributed by atoms with Gasteiger partial charge in [-0.25, -0.2) is 4.79 Å². The molecule has 0 amide bonds. The standard InChI is InChI=1S/C16H17NO2/c1-3-12-5-4-6-13(10-12)17-15-8-7-11(2)9-14(15)16(18)19/h4-10,17H,3H2,1-2H3,(H,18,19). The number of aromatic carboxylic acids is 1. The number of rotatable bonds is 4. The van der Waals surface area contributed by atoms with Gasteiger partial charge in [-0.05, 0) is 43.2 Å².